The molecule has 0 saturated heterocycles. The first kappa shape index (κ1) is 23.3. The van der Waals surface area contributed by atoms with Crippen molar-refractivity contribution in [3.8, 4) is 22.0 Å². The van der Waals surface area contributed by atoms with Crippen molar-refractivity contribution in [2.24, 2.45) is 17.8 Å². The lowest BCUT2D eigenvalue weighted by atomic mass is 9.60. The molecule has 4 aromatic heterocycles. The van der Waals surface area contributed by atoms with Crippen molar-refractivity contribution in [1.29, 1.82) is 0 Å². The van der Waals surface area contributed by atoms with Crippen molar-refractivity contribution < 1.29 is 14.3 Å². The number of aliphatic carboxylic acids is 1. The molecule has 4 heterocycles. The Labute approximate surface area is 215 Å². The van der Waals surface area contributed by atoms with Crippen LogP contribution in [0, 0.1) is 23.6 Å². The molecular formula is C25H24ClFN6O2S. The molecule has 3 N–H and O–H groups in total. The fourth-order valence-corrected chi connectivity index (χ4v) is 6.78. The first-order valence-corrected chi connectivity index (χ1v) is 13.3. The lowest BCUT2D eigenvalue weighted by Gasteiger charge is -2.49. The van der Waals surface area contributed by atoms with Crippen LogP contribution in [0.1, 0.15) is 38.5 Å². The summed E-state index contributed by atoms with van der Waals surface area (Å²) in [5, 5.41) is 14.8. The minimum absolute atomic E-state index is 0.0394. The minimum Gasteiger partial charge on any atom is -0.481 e. The Kier molecular flexibility index (Phi) is 6.08. The highest BCUT2D eigenvalue weighted by Crippen LogP contribution is 2.48. The van der Waals surface area contributed by atoms with E-state index in [1.54, 1.807) is 6.20 Å². The summed E-state index contributed by atoms with van der Waals surface area (Å²) in [5.74, 6) is 0.0927. The molecule has 2 atom stereocenters. The van der Waals surface area contributed by atoms with Gasteiger partial charge in [-0.2, -0.15) is 0 Å². The number of carboxylic acids is 1. The summed E-state index contributed by atoms with van der Waals surface area (Å²) in [7, 11) is 0. The summed E-state index contributed by atoms with van der Waals surface area (Å²) in [6, 6.07) is 3.64. The van der Waals surface area contributed by atoms with Gasteiger partial charge in [0, 0.05) is 18.7 Å². The molecular weight excluding hydrogens is 503 g/mol. The maximum absolute atomic E-state index is 15.9. The Hall–Kier alpha value is -3.11. The number of thiophene rings is 1. The van der Waals surface area contributed by atoms with Gasteiger partial charge in [0.1, 0.15) is 16.4 Å². The summed E-state index contributed by atoms with van der Waals surface area (Å²) in [5.41, 5.74) is 1.83. The summed E-state index contributed by atoms with van der Waals surface area (Å²) in [6.07, 6.45) is 8.14. The number of halogens is 2. The highest BCUT2D eigenvalue weighted by Gasteiger charge is 2.44. The molecule has 0 unspecified atom stereocenters. The molecule has 2 bridgehead atoms. The molecule has 8 nitrogen and oxygen atoms in total. The van der Waals surface area contributed by atoms with Crippen LogP contribution < -0.4 is 5.32 Å². The molecule has 11 heteroatoms. The zero-order chi connectivity index (χ0) is 24.8. The van der Waals surface area contributed by atoms with Crippen LogP contribution in [0.4, 0.5) is 10.2 Å². The second-order valence-corrected chi connectivity index (χ2v) is 10.9. The van der Waals surface area contributed by atoms with Gasteiger partial charge in [0.25, 0.3) is 0 Å². The number of carbonyl (C=O) groups is 1. The minimum atomic E-state index is -0.801. The number of nitrogens with one attached hydrogen (secondary N) is 2. The first-order chi connectivity index (χ1) is 17.5. The van der Waals surface area contributed by atoms with E-state index in [1.165, 1.54) is 17.5 Å². The van der Waals surface area contributed by atoms with Crippen molar-refractivity contribution in [1.82, 2.24) is 24.9 Å². The average Bonchev–Trinajstić information content (AvgIpc) is 3.55. The lowest BCUT2D eigenvalue weighted by molar-refractivity contribution is -0.137. The van der Waals surface area contributed by atoms with Crippen molar-refractivity contribution in [3.05, 3.63) is 40.9 Å². The maximum atomic E-state index is 15.9. The molecule has 0 spiro atoms. The predicted octanol–water partition coefficient (Wildman–Crippen LogP) is 6.02. The fraction of sp³-hybridized carbons (Fsp3) is 0.400. The molecule has 0 amide bonds. The number of aromatic nitrogens is 5. The Morgan fingerprint density at radius 3 is 2.78 bits per heavy atom. The third kappa shape index (κ3) is 4.22. The van der Waals surface area contributed by atoms with Crippen LogP contribution in [-0.2, 0) is 4.79 Å². The standard InChI is InChI=1S/C25H24ClFN6O2S/c26-17-11-29-25-21(30-17)15(10-28-25)23-32-22(16-2-1-9-36-16)19(27)24(33-23)31-20-13-5-3-12(4-6-13)14(20)7-8-18(34)35/h1-2,9-14,20H,3-8H2,(H,28,29)(H,34,35)(H,31,32,33)/t12?,13?,14-,20+/m1/s1. The molecule has 7 rings (SSSR count). The van der Waals surface area contributed by atoms with Gasteiger partial charge in [0.05, 0.1) is 16.6 Å². The van der Waals surface area contributed by atoms with E-state index in [4.69, 9.17) is 11.6 Å². The van der Waals surface area contributed by atoms with Gasteiger partial charge in [-0.05, 0) is 61.3 Å². The molecule has 3 aliphatic carbocycles. The second-order valence-electron chi connectivity index (χ2n) is 9.57. The van der Waals surface area contributed by atoms with Crippen LogP contribution in [0.25, 0.3) is 33.1 Å². The number of fused-ring (bicyclic) bond motifs is 4. The van der Waals surface area contributed by atoms with Crippen LogP contribution in [0.15, 0.2) is 29.9 Å². The van der Waals surface area contributed by atoms with Crippen LogP contribution in [0.3, 0.4) is 0 Å². The van der Waals surface area contributed by atoms with Crippen LogP contribution >= 0.6 is 22.9 Å². The fourth-order valence-electron chi connectivity index (χ4n) is 5.94. The topological polar surface area (TPSA) is 117 Å². The van der Waals surface area contributed by atoms with Gasteiger partial charge < -0.3 is 15.4 Å². The second kappa shape index (κ2) is 9.40. The number of rotatable bonds is 7. The molecule has 4 aromatic rings. The van der Waals surface area contributed by atoms with Gasteiger partial charge in [0.2, 0.25) is 0 Å². The molecule has 36 heavy (non-hydrogen) atoms. The summed E-state index contributed by atoms with van der Waals surface area (Å²) in [6.45, 7) is 0. The van der Waals surface area contributed by atoms with Gasteiger partial charge in [-0.25, -0.2) is 24.3 Å². The van der Waals surface area contributed by atoms with Crippen LogP contribution in [0.5, 0.6) is 0 Å². The van der Waals surface area contributed by atoms with Gasteiger partial charge in [-0.15, -0.1) is 11.3 Å². The zero-order valence-corrected chi connectivity index (χ0v) is 20.8. The van der Waals surface area contributed by atoms with Crippen molar-refractivity contribution in [2.45, 2.75) is 44.6 Å². The number of nitrogens with zero attached hydrogens (tertiary/aromatic N) is 4. The van der Waals surface area contributed by atoms with Crippen LogP contribution in [-0.4, -0.2) is 42.0 Å². The third-order valence-electron chi connectivity index (χ3n) is 7.58. The molecule has 3 saturated carbocycles. The SMILES string of the molecule is O=C(O)CC[C@@H]1C2CCC(CC2)[C@@H]1Nc1nc(-c2c[nH]c3ncc(Cl)nc23)nc(-c2cccs2)c1F. The monoisotopic (exact) mass is 526 g/mol. The number of H-pyrrole nitrogens is 1. The highest BCUT2D eigenvalue weighted by atomic mass is 35.5. The quantitative estimate of drug-likeness (QED) is 0.269. The van der Waals surface area contributed by atoms with E-state index >= 15 is 4.39 Å². The maximum Gasteiger partial charge on any atom is 0.303 e. The van der Waals surface area contributed by atoms with Gasteiger partial charge in [0.15, 0.2) is 23.1 Å². The van der Waals surface area contributed by atoms with Crippen LogP contribution in [0.2, 0.25) is 5.15 Å². The third-order valence-corrected chi connectivity index (χ3v) is 8.64. The molecule has 3 aliphatic rings. The van der Waals surface area contributed by atoms with E-state index < -0.39 is 11.8 Å². The van der Waals surface area contributed by atoms with Gasteiger partial charge in [-0.1, -0.05) is 17.7 Å². The Morgan fingerprint density at radius 2 is 2.03 bits per heavy atom. The Balaban J connectivity index is 1.44. The Morgan fingerprint density at radius 1 is 1.22 bits per heavy atom. The summed E-state index contributed by atoms with van der Waals surface area (Å²) >= 11 is 7.50. The van der Waals surface area contributed by atoms with E-state index in [9.17, 15) is 9.90 Å². The smallest absolute Gasteiger partial charge is 0.303 e. The normalized spacial score (nSPS) is 23.3. The number of hydrogen-bond acceptors (Lipinski definition) is 7. The molecule has 186 valence electrons. The number of hydrogen-bond donors (Lipinski definition) is 3. The first-order valence-electron chi connectivity index (χ1n) is 12.1. The summed E-state index contributed by atoms with van der Waals surface area (Å²) < 4.78 is 15.9. The average molecular weight is 527 g/mol. The number of carboxylic acid groups (broad SMARTS) is 1. The largest absolute Gasteiger partial charge is 0.481 e. The Bertz CT molecular complexity index is 1420. The highest BCUT2D eigenvalue weighted by molar-refractivity contribution is 7.13. The van der Waals surface area contributed by atoms with Gasteiger partial charge in [-0.3, -0.25) is 4.79 Å². The van der Waals surface area contributed by atoms with E-state index in [0.717, 1.165) is 25.7 Å². The molecule has 0 aliphatic heterocycles. The van der Waals surface area contributed by atoms with Crippen molar-refractivity contribution in [3.63, 3.8) is 0 Å². The molecule has 3 fully saturated rings. The van der Waals surface area contributed by atoms with Crippen molar-refractivity contribution >= 4 is 45.9 Å². The number of aromatic amines is 1. The number of anilines is 1. The van der Waals surface area contributed by atoms with Crippen molar-refractivity contribution in [2.75, 3.05) is 5.32 Å². The molecule has 0 aromatic carbocycles. The van der Waals surface area contributed by atoms with E-state index in [-0.39, 0.29) is 35.0 Å². The molecule has 0 radical (unpaired) electrons. The van der Waals surface area contributed by atoms with Gasteiger partial charge >= 0.3 is 5.97 Å². The summed E-state index contributed by atoms with van der Waals surface area (Å²) in [4.78, 5) is 32.9. The zero-order valence-electron chi connectivity index (χ0n) is 19.2. The van der Waals surface area contributed by atoms with E-state index in [2.05, 4.69) is 30.2 Å². The predicted molar refractivity (Wildman–Crippen MR) is 136 cm³/mol. The van der Waals surface area contributed by atoms with E-state index in [1.807, 2.05) is 17.5 Å². The lowest BCUT2D eigenvalue weighted by Crippen LogP contribution is -2.48. The van der Waals surface area contributed by atoms with E-state index in [0.29, 0.717) is 45.7 Å².